The molecule has 1 fully saturated rings. The van der Waals surface area contributed by atoms with E-state index >= 15 is 0 Å². The average Bonchev–Trinajstić information content (AvgIpc) is 3.17. The molecule has 0 atom stereocenters. The molecule has 1 saturated carbocycles. The fourth-order valence-electron chi connectivity index (χ4n) is 3.05. The van der Waals surface area contributed by atoms with Crippen LogP contribution in [-0.2, 0) is 17.7 Å². The number of methoxy groups -OCH3 is 1. The molecule has 0 unspecified atom stereocenters. The summed E-state index contributed by atoms with van der Waals surface area (Å²) in [6, 6.07) is 6.49. The van der Waals surface area contributed by atoms with Gasteiger partial charge in [-0.05, 0) is 49.3 Å². The molecule has 4 heteroatoms. The Morgan fingerprint density at radius 3 is 2.86 bits per heavy atom. The zero-order chi connectivity index (χ0) is 14.9. The summed E-state index contributed by atoms with van der Waals surface area (Å²) in [6.45, 7) is 4.02. The van der Waals surface area contributed by atoms with Crippen molar-refractivity contribution in [1.82, 2.24) is 9.55 Å². The van der Waals surface area contributed by atoms with Crippen molar-refractivity contribution in [2.24, 2.45) is 5.41 Å². The second-order valence-electron chi connectivity index (χ2n) is 6.29. The van der Waals surface area contributed by atoms with E-state index in [9.17, 15) is 0 Å². The SMILES string of the molecule is COCCC1(Cn2c(CCCl)nc3ccc(C)cc32)CC1. The van der Waals surface area contributed by atoms with Crippen molar-refractivity contribution in [1.29, 1.82) is 0 Å². The number of nitrogens with zero attached hydrogens (tertiary/aromatic N) is 2. The third-order valence-corrected chi connectivity index (χ3v) is 4.78. The lowest BCUT2D eigenvalue weighted by Crippen LogP contribution is -2.16. The Kier molecular flexibility index (Phi) is 4.23. The van der Waals surface area contributed by atoms with Gasteiger partial charge in [-0.25, -0.2) is 4.98 Å². The van der Waals surface area contributed by atoms with Crippen molar-refractivity contribution in [3.8, 4) is 0 Å². The maximum Gasteiger partial charge on any atom is 0.111 e. The van der Waals surface area contributed by atoms with Crippen molar-refractivity contribution < 1.29 is 4.74 Å². The fraction of sp³-hybridized carbons (Fsp3) is 0.588. The lowest BCUT2D eigenvalue weighted by Gasteiger charge is -2.18. The summed E-state index contributed by atoms with van der Waals surface area (Å²) in [6.07, 6.45) is 4.55. The molecule has 0 spiro atoms. The molecule has 1 aromatic carbocycles. The summed E-state index contributed by atoms with van der Waals surface area (Å²) in [5.74, 6) is 1.74. The van der Waals surface area contributed by atoms with E-state index in [0.29, 0.717) is 11.3 Å². The van der Waals surface area contributed by atoms with E-state index in [1.807, 2.05) is 0 Å². The molecule has 0 radical (unpaired) electrons. The Morgan fingerprint density at radius 1 is 1.38 bits per heavy atom. The van der Waals surface area contributed by atoms with Crippen LogP contribution in [0.5, 0.6) is 0 Å². The van der Waals surface area contributed by atoms with Crippen LogP contribution in [0, 0.1) is 12.3 Å². The predicted octanol–water partition coefficient (Wildman–Crippen LogP) is 3.94. The third-order valence-electron chi connectivity index (χ3n) is 4.59. The molecule has 21 heavy (non-hydrogen) atoms. The Hall–Kier alpha value is -1.06. The summed E-state index contributed by atoms with van der Waals surface area (Å²) >= 11 is 5.96. The number of ether oxygens (including phenoxy) is 1. The highest BCUT2D eigenvalue weighted by Gasteiger charge is 2.42. The van der Waals surface area contributed by atoms with Crippen LogP contribution in [0.1, 0.15) is 30.7 Å². The number of aromatic nitrogens is 2. The van der Waals surface area contributed by atoms with E-state index in [1.54, 1.807) is 7.11 Å². The molecule has 114 valence electrons. The Bertz CT molecular complexity index is 631. The lowest BCUT2D eigenvalue weighted by atomic mass is 10.0. The van der Waals surface area contributed by atoms with Crippen molar-refractivity contribution in [2.45, 2.75) is 39.2 Å². The third kappa shape index (κ3) is 3.09. The van der Waals surface area contributed by atoms with Crippen LogP contribution in [0.2, 0.25) is 0 Å². The molecule has 3 rings (SSSR count). The number of hydrogen-bond acceptors (Lipinski definition) is 2. The van der Waals surface area contributed by atoms with Gasteiger partial charge in [0.2, 0.25) is 0 Å². The van der Waals surface area contributed by atoms with Gasteiger partial charge in [-0.1, -0.05) is 6.07 Å². The highest BCUT2D eigenvalue weighted by molar-refractivity contribution is 6.17. The maximum atomic E-state index is 5.96. The largest absolute Gasteiger partial charge is 0.385 e. The highest BCUT2D eigenvalue weighted by atomic mass is 35.5. The number of fused-ring (bicyclic) bond motifs is 1. The molecule has 0 aliphatic heterocycles. The number of alkyl halides is 1. The van der Waals surface area contributed by atoms with Gasteiger partial charge in [0, 0.05) is 32.6 Å². The molecular formula is C17H23ClN2O. The quantitative estimate of drug-likeness (QED) is 0.724. The van der Waals surface area contributed by atoms with E-state index in [1.165, 1.54) is 23.9 Å². The molecule has 0 amide bonds. The molecule has 0 bridgehead atoms. The molecule has 1 aromatic heterocycles. The monoisotopic (exact) mass is 306 g/mol. The van der Waals surface area contributed by atoms with Gasteiger partial charge in [-0.15, -0.1) is 11.6 Å². The van der Waals surface area contributed by atoms with Crippen LogP contribution in [0.15, 0.2) is 18.2 Å². The van der Waals surface area contributed by atoms with E-state index in [4.69, 9.17) is 21.3 Å². The first-order chi connectivity index (χ1) is 10.2. The van der Waals surface area contributed by atoms with Gasteiger partial charge in [-0.2, -0.15) is 0 Å². The topological polar surface area (TPSA) is 27.1 Å². The first kappa shape index (κ1) is 14.9. The van der Waals surface area contributed by atoms with Gasteiger partial charge in [-0.3, -0.25) is 0 Å². The van der Waals surface area contributed by atoms with Crippen molar-refractivity contribution in [3.05, 3.63) is 29.6 Å². The second-order valence-corrected chi connectivity index (χ2v) is 6.67. The van der Waals surface area contributed by atoms with Crippen LogP contribution in [0.25, 0.3) is 11.0 Å². The summed E-state index contributed by atoms with van der Waals surface area (Å²) in [5, 5.41) is 0. The predicted molar refractivity (Wildman–Crippen MR) is 87.1 cm³/mol. The summed E-state index contributed by atoms with van der Waals surface area (Å²) in [4.78, 5) is 4.78. The number of rotatable bonds is 7. The van der Waals surface area contributed by atoms with E-state index in [-0.39, 0.29) is 0 Å². The minimum atomic E-state index is 0.411. The maximum absolute atomic E-state index is 5.96. The van der Waals surface area contributed by atoms with Gasteiger partial charge in [0.1, 0.15) is 5.82 Å². The number of aryl methyl sites for hydroxylation is 2. The first-order valence-corrected chi connectivity index (χ1v) is 8.22. The smallest absolute Gasteiger partial charge is 0.111 e. The molecule has 1 heterocycles. The minimum Gasteiger partial charge on any atom is -0.385 e. The van der Waals surface area contributed by atoms with Gasteiger partial charge < -0.3 is 9.30 Å². The summed E-state index contributed by atoms with van der Waals surface area (Å²) < 4.78 is 7.67. The van der Waals surface area contributed by atoms with Gasteiger partial charge in [0.15, 0.2) is 0 Å². The number of imidazole rings is 1. The van der Waals surface area contributed by atoms with Gasteiger partial charge >= 0.3 is 0 Å². The van der Waals surface area contributed by atoms with E-state index < -0.39 is 0 Å². The van der Waals surface area contributed by atoms with Crippen LogP contribution < -0.4 is 0 Å². The van der Waals surface area contributed by atoms with E-state index in [0.717, 1.165) is 37.3 Å². The Balaban J connectivity index is 1.95. The van der Waals surface area contributed by atoms with E-state index in [2.05, 4.69) is 29.7 Å². The van der Waals surface area contributed by atoms with Crippen molar-refractivity contribution >= 4 is 22.6 Å². The molecule has 1 aliphatic rings. The zero-order valence-corrected chi connectivity index (χ0v) is 13.6. The molecule has 2 aromatic rings. The van der Waals surface area contributed by atoms with Crippen molar-refractivity contribution in [3.63, 3.8) is 0 Å². The van der Waals surface area contributed by atoms with Crippen LogP contribution >= 0.6 is 11.6 Å². The molecule has 3 nitrogen and oxygen atoms in total. The lowest BCUT2D eigenvalue weighted by molar-refractivity contribution is 0.167. The standard InChI is InChI=1S/C17H23ClN2O/c1-13-3-4-14-15(11-13)20(16(19-14)5-9-18)12-17(6-7-17)8-10-21-2/h3-4,11H,5-10,12H2,1-2H3. The summed E-state index contributed by atoms with van der Waals surface area (Å²) in [5.41, 5.74) is 4.03. The van der Waals surface area contributed by atoms with Crippen LogP contribution in [-0.4, -0.2) is 29.1 Å². The average molecular weight is 307 g/mol. The first-order valence-electron chi connectivity index (χ1n) is 7.68. The number of benzene rings is 1. The molecular weight excluding hydrogens is 284 g/mol. The number of hydrogen-bond donors (Lipinski definition) is 0. The highest BCUT2D eigenvalue weighted by Crippen LogP contribution is 2.50. The second kappa shape index (κ2) is 5.98. The normalized spacial score (nSPS) is 16.5. The minimum absolute atomic E-state index is 0.411. The zero-order valence-electron chi connectivity index (χ0n) is 12.9. The van der Waals surface area contributed by atoms with Gasteiger partial charge in [0.05, 0.1) is 11.0 Å². The number of halogens is 1. The van der Waals surface area contributed by atoms with Crippen LogP contribution in [0.4, 0.5) is 0 Å². The molecule has 0 N–H and O–H groups in total. The fourth-order valence-corrected chi connectivity index (χ4v) is 3.22. The van der Waals surface area contributed by atoms with Crippen molar-refractivity contribution in [2.75, 3.05) is 19.6 Å². The molecule has 0 saturated heterocycles. The Morgan fingerprint density at radius 2 is 2.19 bits per heavy atom. The van der Waals surface area contributed by atoms with Gasteiger partial charge in [0.25, 0.3) is 0 Å². The van der Waals surface area contributed by atoms with Crippen LogP contribution in [0.3, 0.4) is 0 Å². The molecule has 1 aliphatic carbocycles. The summed E-state index contributed by atoms with van der Waals surface area (Å²) in [7, 11) is 1.78. The Labute approximate surface area is 131 Å².